The molecular weight excluding hydrogens is 286 g/mol. The van der Waals surface area contributed by atoms with Gasteiger partial charge in [-0.15, -0.1) is 0 Å². The van der Waals surface area contributed by atoms with Crippen LogP contribution in [0.3, 0.4) is 0 Å². The minimum Gasteiger partial charge on any atom is -0.371 e. The lowest BCUT2D eigenvalue weighted by atomic mass is 9.90. The van der Waals surface area contributed by atoms with Crippen molar-refractivity contribution in [2.24, 2.45) is 12.5 Å². The Labute approximate surface area is 129 Å². The van der Waals surface area contributed by atoms with Crippen LogP contribution in [0, 0.1) is 5.41 Å². The van der Waals surface area contributed by atoms with Crippen LogP contribution < -0.4 is 17.1 Å². The third kappa shape index (κ3) is 3.97. The van der Waals surface area contributed by atoms with Crippen LogP contribution in [-0.2, 0) is 24.9 Å². The Kier molecular flexibility index (Phi) is 4.75. The lowest BCUT2D eigenvalue weighted by Crippen LogP contribution is -2.54. The lowest BCUT2D eigenvalue weighted by Gasteiger charge is -2.17. The molecule has 7 nitrogen and oxygen atoms in total. The van der Waals surface area contributed by atoms with Gasteiger partial charge in [0, 0.05) is 13.6 Å². The van der Waals surface area contributed by atoms with E-state index in [2.05, 4.69) is 20.8 Å². The number of ether oxygens (including phenoxy) is 1. The summed E-state index contributed by atoms with van der Waals surface area (Å²) in [7, 11) is 1.40. The number of rotatable bonds is 6. The van der Waals surface area contributed by atoms with Crippen LogP contribution in [0.1, 0.15) is 40.0 Å². The third-order valence-electron chi connectivity index (χ3n) is 3.84. The molecule has 0 saturated carbocycles. The molecule has 0 amide bonds. The van der Waals surface area contributed by atoms with Gasteiger partial charge in [-0.05, 0) is 18.3 Å². The van der Waals surface area contributed by atoms with Crippen molar-refractivity contribution in [1.82, 2.24) is 13.7 Å². The fraction of sp³-hybridized carbons (Fsp3) is 0.800. The molecule has 1 unspecified atom stereocenters. The Morgan fingerprint density at radius 3 is 2.18 bits per heavy atom. The first-order valence-corrected chi connectivity index (χ1v) is 7.73. The second-order valence-corrected chi connectivity index (χ2v) is 7.14. The van der Waals surface area contributed by atoms with Gasteiger partial charge in [0.2, 0.25) is 0 Å². The predicted octanol–water partition coefficient (Wildman–Crippen LogP) is 0.324. The highest BCUT2D eigenvalue weighted by molar-refractivity contribution is 4.81. The molecule has 7 heteroatoms. The van der Waals surface area contributed by atoms with Gasteiger partial charge in [0.05, 0.1) is 19.3 Å². The molecule has 124 valence electrons. The summed E-state index contributed by atoms with van der Waals surface area (Å²) in [4.78, 5) is 36.6. The number of hydrogen-bond acceptors (Lipinski definition) is 4. The van der Waals surface area contributed by atoms with Gasteiger partial charge in [-0.25, -0.2) is 28.1 Å². The highest BCUT2D eigenvalue weighted by Gasteiger charge is 2.26. The van der Waals surface area contributed by atoms with E-state index >= 15 is 0 Å². The van der Waals surface area contributed by atoms with E-state index in [4.69, 9.17) is 4.74 Å². The van der Waals surface area contributed by atoms with Crippen LogP contribution in [0.5, 0.6) is 0 Å². The van der Waals surface area contributed by atoms with E-state index in [-0.39, 0.29) is 18.1 Å². The SMILES string of the molecule is Cn1c(=O)n(CCCCC(C)(C)C)c(=O)n(CC2CO2)c1=O. The fourth-order valence-electron chi connectivity index (χ4n) is 2.40. The Bertz CT molecular complexity index is 701. The van der Waals surface area contributed by atoms with E-state index in [0.29, 0.717) is 13.2 Å². The first-order valence-electron chi connectivity index (χ1n) is 7.73. The van der Waals surface area contributed by atoms with E-state index in [9.17, 15) is 14.4 Å². The van der Waals surface area contributed by atoms with Gasteiger partial charge in [0.15, 0.2) is 0 Å². The molecule has 1 aromatic rings. The van der Waals surface area contributed by atoms with Crippen molar-refractivity contribution in [3.8, 4) is 0 Å². The summed E-state index contributed by atoms with van der Waals surface area (Å²) < 4.78 is 8.33. The maximum absolute atomic E-state index is 12.4. The van der Waals surface area contributed by atoms with E-state index in [1.165, 1.54) is 7.05 Å². The van der Waals surface area contributed by atoms with E-state index in [1.54, 1.807) is 0 Å². The highest BCUT2D eigenvalue weighted by Crippen LogP contribution is 2.21. The lowest BCUT2D eigenvalue weighted by molar-refractivity contribution is 0.344. The second-order valence-electron chi connectivity index (χ2n) is 7.14. The minimum absolute atomic E-state index is 0.0859. The van der Waals surface area contributed by atoms with Crippen molar-refractivity contribution in [2.45, 2.75) is 59.2 Å². The van der Waals surface area contributed by atoms with Crippen molar-refractivity contribution in [2.75, 3.05) is 6.61 Å². The molecule has 0 aliphatic carbocycles. The summed E-state index contributed by atoms with van der Waals surface area (Å²) in [5, 5.41) is 0. The number of epoxide rings is 1. The average Bonchev–Trinajstić information content (AvgIpc) is 3.23. The molecule has 22 heavy (non-hydrogen) atoms. The van der Waals surface area contributed by atoms with Crippen molar-refractivity contribution >= 4 is 0 Å². The minimum atomic E-state index is -0.573. The summed E-state index contributed by atoms with van der Waals surface area (Å²) in [5.74, 6) is 0. The molecule has 0 aromatic carbocycles. The maximum Gasteiger partial charge on any atom is 0.336 e. The van der Waals surface area contributed by atoms with Crippen molar-refractivity contribution in [1.29, 1.82) is 0 Å². The van der Waals surface area contributed by atoms with E-state index < -0.39 is 17.1 Å². The molecule has 1 atom stereocenters. The molecule has 1 aromatic heterocycles. The third-order valence-corrected chi connectivity index (χ3v) is 3.84. The van der Waals surface area contributed by atoms with E-state index in [0.717, 1.165) is 33.0 Å². The molecule has 1 saturated heterocycles. The van der Waals surface area contributed by atoms with Crippen LogP contribution in [-0.4, -0.2) is 26.4 Å². The molecule has 0 N–H and O–H groups in total. The van der Waals surface area contributed by atoms with Gasteiger partial charge < -0.3 is 4.74 Å². The molecule has 2 heterocycles. The topological polar surface area (TPSA) is 78.5 Å². The summed E-state index contributed by atoms with van der Waals surface area (Å²) >= 11 is 0. The molecule has 2 rings (SSSR count). The van der Waals surface area contributed by atoms with Crippen LogP contribution in [0.2, 0.25) is 0 Å². The molecule has 0 spiro atoms. The number of unbranched alkanes of at least 4 members (excludes halogenated alkanes) is 1. The Balaban J connectivity index is 2.19. The smallest absolute Gasteiger partial charge is 0.336 e. The van der Waals surface area contributed by atoms with Crippen LogP contribution in [0.15, 0.2) is 14.4 Å². The van der Waals surface area contributed by atoms with Gasteiger partial charge in [0.25, 0.3) is 0 Å². The molecule has 1 aliphatic rings. The van der Waals surface area contributed by atoms with Crippen LogP contribution in [0.4, 0.5) is 0 Å². The number of hydrogen-bond donors (Lipinski definition) is 0. The summed E-state index contributed by atoms with van der Waals surface area (Å²) in [6.07, 6.45) is 2.61. The van der Waals surface area contributed by atoms with E-state index in [1.807, 2.05) is 0 Å². The average molecular weight is 311 g/mol. The second kappa shape index (κ2) is 6.24. The first-order chi connectivity index (χ1) is 10.2. The summed E-state index contributed by atoms with van der Waals surface area (Å²) in [5.41, 5.74) is -1.41. The Hall–Kier alpha value is -1.63. The largest absolute Gasteiger partial charge is 0.371 e. The standard InChI is InChI=1S/C15H25N3O4/c1-15(2,3)7-5-6-8-17-12(19)16(4)13(20)18(14(17)21)9-11-10-22-11/h11H,5-10H2,1-4H3. The zero-order valence-electron chi connectivity index (χ0n) is 13.8. The number of aromatic nitrogens is 3. The number of nitrogens with zero attached hydrogens (tertiary/aromatic N) is 3. The summed E-state index contributed by atoms with van der Waals surface area (Å²) in [6.45, 7) is 7.59. The highest BCUT2D eigenvalue weighted by atomic mass is 16.6. The van der Waals surface area contributed by atoms with Crippen molar-refractivity contribution in [3.05, 3.63) is 31.5 Å². The van der Waals surface area contributed by atoms with Crippen LogP contribution >= 0.6 is 0 Å². The molecule has 1 aliphatic heterocycles. The molecule has 0 radical (unpaired) electrons. The fourth-order valence-corrected chi connectivity index (χ4v) is 2.40. The monoisotopic (exact) mass is 311 g/mol. The summed E-state index contributed by atoms with van der Waals surface area (Å²) in [6, 6.07) is 0. The first kappa shape index (κ1) is 16.7. The van der Waals surface area contributed by atoms with Gasteiger partial charge in [-0.2, -0.15) is 0 Å². The predicted molar refractivity (Wildman–Crippen MR) is 83.2 cm³/mol. The maximum atomic E-state index is 12.4. The quantitative estimate of drug-likeness (QED) is 0.560. The zero-order valence-corrected chi connectivity index (χ0v) is 13.8. The molecule has 0 bridgehead atoms. The van der Waals surface area contributed by atoms with Gasteiger partial charge in [-0.1, -0.05) is 27.2 Å². The van der Waals surface area contributed by atoms with Crippen molar-refractivity contribution < 1.29 is 4.74 Å². The Morgan fingerprint density at radius 2 is 1.64 bits per heavy atom. The van der Waals surface area contributed by atoms with Gasteiger partial charge >= 0.3 is 17.1 Å². The van der Waals surface area contributed by atoms with Gasteiger partial charge in [-0.3, -0.25) is 0 Å². The Morgan fingerprint density at radius 1 is 1.05 bits per heavy atom. The normalized spacial score (nSPS) is 17.7. The molecule has 1 fully saturated rings. The van der Waals surface area contributed by atoms with Crippen molar-refractivity contribution in [3.63, 3.8) is 0 Å². The van der Waals surface area contributed by atoms with Gasteiger partial charge in [0.1, 0.15) is 0 Å². The zero-order chi connectivity index (χ0) is 16.5. The van der Waals surface area contributed by atoms with Crippen LogP contribution in [0.25, 0.3) is 0 Å². The molecular formula is C15H25N3O4.